The van der Waals surface area contributed by atoms with Crippen LogP contribution in [0.2, 0.25) is 0 Å². The van der Waals surface area contributed by atoms with Crippen molar-refractivity contribution >= 4 is 11.9 Å². The first-order valence-corrected chi connectivity index (χ1v) is 7.22. The zero-order valence-corrected chi connectivity index (χ0v) is 13.2. The van der Waals surface area contributed by atoms with E-state index in [1.165, 1.54) is 7.11 Å². The Morgan fingerprint density at radius 3 is 2.57 bits per heavy atom. The molecule has 0 aromatic carbocycles. The highest BCUT2D eigenvalue weighted by Gasteiger charge is 2.22. The molecule has 0 saturated heterocycles. The zero-order chi connectivity index (χ0) is 15.8. The number of esters is 1. The molecule has 0 aliphatic rings. The van der Waals surface area contributed by atoms with Gasteiger partial charge in [0.15, 0.2) is 0 Å². The molecule has 0 aliphatic heterocycles. The number of carbonyl (C=O) groups is 2. The van der Waals surface area contributed by atoms with Crippen LogP contribution in [0, 0.1) is 11.8 Å². The number of pyridine rings is 1. The normalized spacial score (nSPS) is 12.0. The van der Waals surface area contributed by atoms with Crippen molar-refractivity contribution in [1.82, 2.24) is 9.88 Å². The summed E-state index contributed by atoms with van der Waals surface area (Å²) in [6.45, 7) is 6.96. The highest BCUT2D eigenvalue weighted by Crippen LogP contribution is 2.11. The molecule has 0 bridgehead atoms. The van der Waals surface area contributed by atoms with E-state index in [1.807, 2.05) is 0 Å². The summed E-state index contributed by atoms with van der Waals surface area (Å²) >= 11 is 0. The maximum atomic E-state index is 12.5. The second-order valence-corrected chi connectivity index (χ2v) is 5.60. The van der Waals surface area contributed by atoms with Crippen LogP contribution < -0.4 is 0 Å². The maximum absolute atomic E-state index is 12.5. The van der Waals surface area contributed by atoms with Crippen LogP contribution in [0.4, 0.5) is 0 Å². The van der Waals surface area contributed by atoms with Crippen molar-refractivity contribution < 1.29 is 14.3 Å². The van der Waals surface area contributed by atoms with E-state index in [9.17, 15) is 9.59 Å². The molecule has 1 amide bonds. The van der Waals surface area contributed by atoms with Gasteiger partial charge in [-0.15, -0.1) is 0 Å². The van der Waals surface area contributed by atoms with E-state index in [4.69, 9.17) is 4.74 Å². The highest BCUT2D eigenvalue weighted by molar-refractivity contribution is 5.94. The van der Waals surface area contributed by atoms with Crippen LogP contribution in [0.3, 0.4) is 0 Å². The van der Waals surface area contributed by atoms with Crippen molar-refractivity contribution in [3.63, 3.8) is 0 Å². The van der Waals surface area contributed by atoms with Crippen LogP contribution in [0.5, 0.6) is 0 Å². The summed E-state index contributed by atoms with van der Waals surface area (Å²) in [6, 6.07) is 3.47. The smallest absolute Gasteiger partial charge is 0.310 e. The molecule has 116 valence electrons. The van der Waals surface area contributed by atoms with E-state index in [2.05, 4.69) is 18.8 Å². The number of hydrogen-bond donors (Lipinski definition) is 0. The van der Waals surface area contributed by atoms with Crippen LogP contribution >= 0.6 is 0 Å². The van der Waals surface area contributed by atoms with Crippen molar-refractivity contribution in [1.29, 1.82) is 0 Å². The largest absolute Gasteiger partial charge is 0.469 e. The molecular weight excluding hydrogens is 268 g/mol. The summed E-state index contributed by atoms with van der Waals surface area (Å²) in [5.41, 5.74) is 0.540. The third-order valence-electron chi connectivity index (χ3n) is 3.27. The van der Waals surface area contributed by atoms with Crippen molar-refractivity contribution in [2.24, 2.45) is 11.8 Å². The molecule has 1 aromatic heterocycles. The second-order valence-electron chi connectivity index (χ2n) is 5.60. The van der Waals surface area contributed by atoms with Crippen LogP contribution in [0.25, 0.3) is 0 Å². The third kappa shape index (κ3) is 5.53. The van der Waals surface area contributed by atoms with Gasteiger partial charge < -0.3 is 9.64 Å². The van der Waals surface area contributed by atoms with Gasteiger partial charge in [0.05, 0.1) is 18.6 Å². The van der Waals surface area contributed by atoms with E-state index in [-0.39, 0.29) is 17.8 Å². The topological polar surface area (TPSA) is 59.5 Å². The Hall–Kier alpha value is -1.91. The monoisotopic (exact) mass is 292 g/mol. The molecule has 0 N–H and O–H groups in total. The standard InChI is InChI=1S/C16H24N2O3/c1-12(2)7-9-18(11-13(3)16(20)21-4)15(19)14-6-5-8-17-10-14/h5-6,8,10,12-13H,7,9,11H2,1-4H3. The zero-order valence-electron chi connectivity index (χ0n) is 13.2. The predicted octanol–water partition coefficient (Wildman–Crippen LogP) is 2.38. The first-order chi connectivity index (χ1) is 9.95. The summed E-state index contributed by atoms with van der Waals surface area (Å²) < 4.78 is 4.73. The van der Waals surface area contributed by atoms with Crippen LogP contribution in [-0.2, 0) is 9.53 Å². The second kappa shape index (κ2) is 8.39. The van der Waals surface area contributed by atoms with E-state index in [1.54, 1.807) is 36.4 Å². The van der Waals surface area contributed by atoms with Gasteiger partial charge in [0.2, 0.25) is 0 Å². The van der Waals surface area contributed by atoms with E-state index in [0.29, 0.717) is 24.6 Å². The van der Waals surface area contributed by atoms with Crippen molar-refractivity contribution in [3.8, 4) is 0 Å². The summed E-state index contributed by atoms with van der Waals surface area (Å²) in [7, 11) is 1.36. The Morgan fingerprint density at radius 2 is 2.05 bits per heavy atom. The third-order valence-corrected chi connectivity index (χ3v) is 3.27. The van der Waals surface area contributed by atoms with Gasteiger partial charge in [-0.2, -0.15) is 0 Å². The quantitative estimate of drug-likeness (QED) is 0.724. The SMILES string of the molecule is COC(=O)C(C)CN(CCC(C)C)C(=O)c1cccnc1. The molecule has 0 saturated carbocycles. The number of ether oxygens (including phenoxy) is 1. The lowest BCUT2D eigenvalue weighted by atomic mass is 10.1. The molecule has 21 heavy (non-hydrogen) atoms. The van der Waals surface area contributed by atoms with Crippen LogP contribution in [-0.4, -0.2) is 42.0 Å². The van der Waals surface area contributed by atoms with Gasteiger partial charge in [-0.1, -0.05) is 20.8 Å². The van der Waals surface area contributed by atoms with Gasteiger partial charge in [0.1, 0.15) is 0 Å². The minimum Gasteiger partial charge on any atom is -0.469 e. The average Bonchev–Trinajstić information content (AvgIpc) is 2.50. The van der Waals surface area contributed by atoms with Crippen LogP contribution in [0.1, 0.15) is 37.6 Å². The minimum atomic E-state index is -0.345. The molecule has 5 nitrogen and oxygen atoms in total. The number of carbonyl (C=O) groups excluding carboxylic acids is 2. The summed E-state index contributed by atoms with van der Waals surface area (Å²) in [5, 5.41) is 0. The first-order valence-electron chi connectivity index (χ1n) is 7.22. The molecular formula is C16H24N2O3. The summed E-state index contributed by atoms with van der Waals surface area (Å²) in [5.74, 6) is -0.256. The molecule has 1 unspecified atom stereocenters. The minimum absolute atomic E-state index is 0.0977. The molecule has 0 aliphatic carbocycles. The molecule has 0 spiro atoms. The number of nitrogens with zero attached hydrogens (tertiary/aromatic N) is 2. The molecule has 5 heteroatoms. The number of methoxy groups -OCH3 is 1. The van der Waals surface area contributed by atoms with Gasteiger partial charge >= 0.3 is 5.97 Å². The number of amides is 1. The van der Waals surface area contributed by atoms with E-state index >= 15 is 0 Å². The molecule has 1 rings (SSSR count). The Bertz CT molecular complexity index is 460. The lowest BCUT2D eigenvalue weighted by molar-refractivity contribution is -0.145. The fourth-order valence-corrected chi connectivity index (χ4v) is 1.97. The summed E-state index contributed by atoms with van der Waals surface area (Å²) in [6.07, 6.45) is 4.07. The van der Waals surface area contributed by atoms with Crippen molar-refractivity contribution in [2.75, 3.05) is 20.2 Å². The Labute approximate surface area is 126 Å². The van der Waals surface area contributed by atoms with Gasteiger partial charge in [-0.05, 0) is 24.5 Å². The lowest BCUT2D eigenvalue weighted by Gasteiger charge is -2.25. The van der Waals surface area contributed by atoms with Gasteiger partial charge in [0.25, 0.3) is 5.91 Å². The molecule has 1 aromatic rings. The average molecular weight is 292 g/mol. The van der Waals surface area contributed by atoms with Gasteiger partial charge in [-0.3, -0.25) is 14.6 Å². The fraction of sp³-hybridized carbons (Fsp3) is 0.562. The molecule has 0 fully saturated rings. The summed E-state index contributed by atoms with van der Waals surface area (Å²) in [4.78, 5) is 29.8. The highest BCUT2D eigenvalue weighted by atomic mass is 16.5. The van der Waals surface area contributed by atoms with E-state index < -0.39 is 0 Å². The first kappa shape index (κ1) is 17.1. The number of rotatable bonds is 7. The predicted molar refractivity (Wildman–Crippen MR) is 80.8 cm³/mol. The Balaban J connectivity index is 2.81. The van der Waals surface area contributed by atoms with Gasteiger partial charge in [-0.25, -0.2) is 0 Å². The molecule has 1 heterocycles. The van der Waals surface area contributed by atoms with E-state index in [0.717, 1.165) is 6.42 Å². The molecule has 0 radical (unpaired) electrons. The fourth-order valence-electron chi connectivity index (χ4n) is 1.97. The van der Waals surface area contributed by atoms with Crippen molar-refractivity contribution in [2.45, 2.75) is 27.2 Å². The Kier molecular flexibility index (Phi) is 6.85. The van der Waals surface area contributed by atoms with Crippen molar-refractivity contribution in [3.05, 3.63) is 30.1 Å². The molecule has 1 atom stereocenters. The number of aromatic nitrogens is 1. The maximum Gasteiger partial charge on any atom is 0.310 e. The Morgan fingerprint density at radius 1 is 1.33 bits per heavy atom. The van der Waals surface area contributed by atoms with Gasteiger partial charge in [0, 0.05) is 25.5 Å². The van der Waals surface area contributed by atoms with Crippen LogP contribution in [0.15, 0.2) is 24.5 Å². The number of hydrogen-bond acceptors (Lipinski definition) is 4. The lowest BCUT2D eigenvalue weighted by Crippen LogP contribution is -2.38.